The average Bonchev–Trinajstić information content (AvgIpc) is 3.35. The highest BCUT2D eigenvalue weighted by molar-refractivity contribution is 7.94. The van der Waals surface area contributed by atoms with Gasteiger partial charge in [0, 0.05) is 12.7 Å². The number of hydrogen-bond acceptors (Lipinski definition) is 7. The molecule has 1 heterocycles. The lowest BCUT2D eigenvalue weighted by Crippen LogP contribution is -2.31. The molecule has 10 heteroatoms. The first-order valence-electron chi connectivity index (χ1n) is 9.99. The van der Waals surface area contributed by atoms with Crippen LogP contribution < -0.4 is 14.4 Å². The molecule has 1 unspecified atom stereocenters. The highest BCUT2D eigenvalue weighted by Gasteiger charge is 2.22. The zero-order valence-electron chi connectivity index (χ0n) is 18.3. The minimum Gasteiger partial charge on any atom is -0.482 e. The number of nitrogens with zero attached hydrogens (tertiary/aromatic N) is 1. The van der Waals surface area contributed by atoms with Gasteiger partial charge in [-0.05, 0) is 61.7 Å². The third-order valence-corrected chi connectivity index (χ3v) is 7.82. The number of nitrogens with one attached hydrogen (secondary N) is 1. The summed E-state index contributed by atoms with van der Waals surface area (Å²) in [6.07, 6.45) is -0.999. The van der Waals surface area contributed by atoms with Crippen molar-refractivity contribution in [2.24, 2.45) is 0 Å². The highest BCUT2D eigenvalue weighted by atomic mass is 32.2. The number of aryl methyl sites for hydroxylation is 1. The molecule has 8 nitrogen and oxygen atoms in total. The molecule has 1 atom stereocenters. The van der Waals surface area contributed by atoms with Gasteiger partial charge in [-0.3, -0.25) is 9.10 Å². The minimum absolute atomic E-state index is 0.244. The minimum atomic E-state index is -3.63. The number of thiophene rings is 1. The van der Waals surface area contributed by atoms with Crippen LogP contribution in [-0.4, -0.2) is 40.1 Å². The van der Waals surface area contributed by atoms with E-state index in [1.54, 1.807) is 53.9 Å². The van der Waals surface area contributed by atoms with Crippen LogP contribution in [0.15, 0.2) is 70.3 Å². The molecule has 0 fully saturated rings. The van der Waals surface area contributed by atoms with Gasteiger partial charge in [-0.1, -0.05) is 23.8 Å². The van der Waals surface area contributed by atoms with Crippen molar-refractivity contribution in [1.82, 2.24) is 0 Å². The number of anilines is 2. The van der Waals surface area contributed by atoms with E-state index in [0.29, 0.717) is 17.1 Å². The van der Waals surface area contributed by atoms with Crippen LogP contribution >= 0.6 is 11.3 Å². The second-order valence-corrected chi connectivity index (χ2v) is 10.3. The van der Waals surface area contributed by atoms with Gasteiger partial charge in [0.05, 0.1) is 5.69 Å². The summed E-state index contributed by atoms with van der Waals surface area (Å²) in [6.45, 7) is 3.01. The number of rotatable bonds is 9. The number of amides is 1. The maximum absolute atomic E-state index is 12.6. The van der Waals surface area contributed by atoms with Crippen LogP contribution in [0.2, 0.25) is 0 Å². The van der Waals surface area contributed by atoms with Gasteiger partial charge in [-0.2, -0.15) is 0 Å². The van der Waals surface area contributed by atoms with E-state index >= 15 is 0 Å². The standard InChI is InChI=1S/C23H24N2O6S2/c1-16-6-8-18(9-7-16)24-23(27)17(2)31-21(26)15-30-20-12-10-19(11-13-20)25(3)33(28,29)22-5-4-14-32-22/h4-14,17H,15H2,1-3H3,(H,24,27). The molecular formula is C23H24N2O6S2. The van der Waals surface area contributed by atoms with Crippen molar-refractivity contribution in [1.29, 1.82) is 0 Å². The Hall–Kier alpha value is -3.37. The van der Waals surface area contributed by atoms with Gasteiger partial charge in [0.1, 0.15) is 9.96 Å². The van der Waals surface area contributed by atoms with Crippen LogP contribution in [0.3, 0.4) is 0 Å². The van der Waals surface area contributed by atoms with Gasteiger partial charge in [-0.15, -0.1) is 11.3 Å². The number of esters is 1. The van der Waals surface area contributed by atoms with E-state index in [2.05, 4.69) is 5.32 Å². The van der Waals surface area contributed by atoms with Crippen molar-refractivity contribution in [3.63, 3.8) is 0 Å². The Labute approximate surface area is 196 Å². The van der Waals surface area contributed by atoms with Crippen molar-refractivity contribution in [2.45, 2.75) is 24.2 Å². The summed E-state index contributed by atoms with van der Waals surface area (Å²) in [5.41, 5.74) is 2.11. The van der Waals surface area contributed by atoms with E-state index < -0.39 is 34.6 Å². The summed E-state index contributed by atoms with van der Waals surface area (Å²) in [5.74, 6) is -0.802. The predicted molar refractivity (Wildman–Crippen MR) is 127 cm³/mol. The zero-order valence-corrected chi connectivity index (χ0v) is 20.0. The molecule has 3 rings (SSSR count). The summed E-state index contributed by atoms with van der Waals surface area (Å²) >= 11 is 1.14. The number of hydrogen-bond donors (Lipinski definition) is 1. The van der Waals surface area contributed by atoms with Crippen LogP contribution in [0.1, 0.15) is 12.5 Å². The maximum atomic E-state index is 12.6. The number of sulfonamides is 1. The lowest BCUT2D eigenvalue weighted by Gasteiger charge is -2.18. The van der Waals surface area contributed by atoms with E-state index in [1.165, 1.54) is 18.3 Å². The fourth-order valence-corrected chi connectivity index (χ4v) is 5.10. The largest absolute Gasteiger partial charge is 0.482 e. The number of ether oxygens (including phenoxy) is 2. The second-order valence-electron chi connectivity index (χ2n) is 7.17. The molecule has 174 valence electrons. The lowest BCUT2D eigenvalue weighted by atomic mass is 10.2. The molecule has 1 aromatic heterocycles. The van der Waals surface area contributed by atoms with E-state index in [1.807, 2.05) is 19.1 Å². The van der Waals surface area contributed by atoms with E-state index in [9.17, 15) is 18.0 Å². The van der Waals surface area contributed by atoms with Crippen LogP contribution in [0.5, 0.6) is 5.75 Å². The topological polar surface area (TPSA) is 102 Å². The highest BCUT2D eigenvalue weighted by Crippen LogP contribution is 2.26. The molecule has 1 N–H and O–H groups in total. The summed E-state index contributed by atoms with van der Waals surface area (Å²) < 4.78 is 37.1. The fraction of sp³-hybridized carbons (Fsp3) is 0.217. The van der Waals surface area contributed by atoms with Gasteiger partial charge >= 0.3 is 5.97 Å². The zero-order chi connectivity index (χ0) is 24.0. The van der Waals surface area contributed by atoms with Crippen molar-refractivity contribution < 1.29 is 27.5 Å². The summed E-state index contributed by atoms with van der Waals surface area (Å²) in [4.78, 5) is 24.2. The number of carbonyl (C=O) groups is 2. The molecule has 33 heavy (non-hydrogen) atoms. The molecule has 0 radical (unpaired) electrons. The smallest absolute Gasteiger partial charge is 0.344 e. The summed E-state index contributed by atoms with van der Waals surface area (Å²) in [5, 5.41) is 4.38. The van der Waals surface area contributed by atoms with Crippen LogP contribution in [-0.2, 0) is 24.3 Å². The Balaban J connectivity index is 1.50. The predicted octanol–water partition coefficient (Wildman–Crippen LogP) is 3.83. The molecule has 0 saturated heterocycles. The third kappa shape index (κ3) is 6.33. The first-order valence-corrected chi connectivity index (χ1v) is 12.3. The van der Waals surface area contributed by atoms with Crippen molar-refractivity contribution in [2.75, 3.05) is 23.3 Å². The van der Waals surface area contributed by atoms with E-state index in [4.69, 9.17) is 9.47 Å². The van der Waals surface area contributed by atoms with Crippen molar-refractivity contribution in [3.05, 3.63) is 71.6 Å². The number of carbonyl (C=O) groups excluding carboxylic acids is 2. The normalized spacial score (nSPS) is 12.0. The first kappa shape index (κ1) is 24.3. The quantitative estimate of drug-likeness (QED) is 0.459. The van der Waals surface area contributed by atoms with Gasteiger partial charge in [0.25, 0.3) is 15.9 Å². The summed E-state index contributed by atoms with van der Waals surface area (Å²) in [6, 6.07) is 16.7. The molecule has 0 aliphatic carbocycles. The molecule has 0 aliphatic heterocycles. The van der Waals surface area contributed by atoms with E-state index in [-0.39, 0.29) is 4.21 Å². The Bertz CT molecular complexity index is 1190. The van der Waals surface area contributed by atoms with E-state index in [0.717, 1.165) is 16.9 Å². The number of benzene rings is 2. The van der Waals surface area contributed by atoms with Crippen LogP contribution in [0, 0.1) is 6.92 Å². The van der Waals surface area contributed by atoms with Crippen LogP contribution in [0.4, 0.5) is 11.4 Å². The van der Waals surface area contributed by atoms with Gasteiger partial charge in [0.2, 0.25) is 0 Å². The van der Waals surface area contributed by atoms with Crippen LogP contribution in [0.25, 0.3) is 0 Å². The molecule has 2 aromatic carbocycles. The van der Waals surface area contributed by atoms with Gasteiger partial charge < -0.3 is 14.8 Å². The molecule has 0 saturated carbocycles. The maximum Gasteiger partial charge on any atom is 0.344 e. The second kappa shape index (κ2) is 10.5. The molecule has 0 bridgehead atoms. The van der Waals surface area contributed by atoms with Gasteiger partial charge in [0.15, 0.2) is 12.7 Å². The molecular weight excluding hydrogens is 464 g/mol. The lowest BCUT2D eigenvalue weighted by molar-refractivity contribution is -0.155. The molecule has 0 spiro atoms. The Morgan fingerprint density at radius 3 is 2.33 bits per heavy atom. The third-order valence-electron chi connectivity index (χ3n) is 4.66. The SMILES string of the molecule is Cc1ccc(NC(=O)C(C)OC(=O)COc2ccc(N(C)S(=O)(=O)c3cccs3)cc2)cc1. The van der Waals surface area contributed by atoms with Crippen molar-refractivity contribution >= 4 is 44.6 Å². The molecule has 0 aliphatic rings. The molecule has 1 amide bonds. The average molecular weight is 489 g/mol. The Morgan fingerprint density at radius 1 is 1.06 bits per heavy atom. The first-order chi connectivity index (χ1) is 15.7. The van der Waals surface area contributed by atoms with Crippen molar-refractivity contribution in [3.8, 4) is 5.75 Å². The Kier molecular flexibility index (Phi) is 7.72. The Morgan fingerprint density at radius 2 is 1.73 bits per heavy atom. The van der Waals surface area contributed by atoms with Gasteiger partial charge in [-0.25, -0.2) is 13.2 Å². The fourth-order valence-electron chi connectivity index (χ4n) is 2.74. The molecule has 3 aromatic rings. The monoisotopic (exact) mass is 488 g/mol. The summed E-state index contributed by atoms with van der Waals surface area (Å²) in [7, 11) is -2.17.